The van der Waals surface area contributed by atoms with Crippen molar-refractivity contribution in [2.45, 2.75) is 19.9 Å². The molecule has 1 N–H and O–H groups in total. The quantitative estimate of drug-likeness (QED) is 0.803. The van der Waals surface area contributed by atoms with E-state index in [9.17, 15) is 4.79 Å². The normalized spacial score (nSPS) is 12.1. The molecule has 0 aliphatic carbocycles. The van der Waals surface area contributed by atoms with Crippen molar-refractivity contribution in [3.63, 3.8) is 0 Å². The average Bonchev–Trinajstić information content (AvgIpc) is 3.18. The van der Waals surface area contributed by atoms with E-state index >= 15 is 0 Å². The number of nitrogens with zero attached hydrogens (tertiary/aromatic N) is 3. The summed E-state index contributed by atoms with van der Waals surface area (Å²) in [5.41, 5.74) is 2.36. The van der Waals surface area contributed by atoms with Crippen LogP contribution in [0.5, 0.6) is 0 Å². The van der Waals surface area contributed by atoms with E-state index in [1.165, 1.54) is 6.20 Å². The average molecular weight is 296 g/mol. The van der Waals surface area contributed by atoms with E-state index < -0.39 is 0 Å². The Balaban J connectivity index is 1.86. The maximum Gasteiger partial charge on any atom is 0.256 e. The minimum Gasteiger partial charge on any atom is -0.361 e. The number of aryl methyl sites for hydroxylation is 1. The molecule has 22 heavy (non-hydrogen) atoms. The summed E-state index contributed by atoms with van der Waals surface area (Å²) < 4.78 is 6.71. The first-order valence-electron chi connectivity index (χ1n) is 6.98. The summed E-state index contributed by atoms with van der Waals surface area (Å²) >= 11 is 0. The number of carbonyl (C=O) groups is 1. The number of aromatic nitrogens is 3. The second-order valence-electron chi connectivity index (χ2n) is 5.00. The highest BCUT2D eigenvalue weighted by molar-refractivity contribution is 5.95. The van der Waals surface area contributed by atoms with E-state index in [-0.39, 0.29) is 11.9 Å². The molecule has 6 nitrogen and oxygen atoms in total. The van der Waals surface area contributed by atoms with Crippen LogP contribution in [-0.2, 0) is 0 Å². The summed E-state index contributed by atoms with van der Waals surface area (Å²) in [6.45, 7) is 3.65. The molecule has 1 amide bonds. The predicted octanol–water partition coefficient (Wildman–Crippen LogP) is 2.66. The molecular weight excluding hydrogens is 280 g/mol. The Morgan fingerprint density at radius 1 is 1.32 bits per heavy atom. The van der Waals surface area contributed by atoms with Crippen molar-refractivity contribution in [1.82, 2.24) is 20.3 Å². The third-order valence-electron chi connectivity index (χ3n) is 3.50. The van der Waals surface area contributed by atoms with Crippen LogP contribution in [0.4, 0.5) is 0 Å². The highest BCUT2D eigenvalue weighted by Gasteiger charge is 2.18. The van der Waals surface area contributed by atoms with Crippen molar-refractivity contribution in [3.8, 4) is 5.69 Å². The molecule has 0 unspecified atom stereocenters. The van der Waals surface area contributed by atoms with E-state index in [2.05, 4.69) is 15.6 Å². The van der Waals surface area contributed by atoms with E-state index in [0.29, 0.717) is 11.3 Å². The predicted molar refractivity (Wildman–Crippen MR) is 80.7 cm³/mol. The number of amides is 1. The molecular formula is C16H16N4O2. The zero-order valence-corrected chi connectivity index (χ0v) is 12.4. The number of carbonyl (C=O) groups excluding carboxylic acids is 1. The van der Waals surface area contributed by atoms with Gasteiger partial charge in [0.2, 0.25) is 0 Å². The van der Waals surface area contributed by atoms with Crippen LogP contribution < -0.4 is 5.32 Å². The second kappa shape index (κ2) is 5.85. The molecule has 3 aromatic rings. The number of para-hydroxylation sites is 1. The van der Waals surface area contributed by atoms with Gasteiger partial charge in [0.05, 0.1) is 17.9 Å². The third-order valence-corrected chi connectivity index (χ3v) is 3.50. The van der Waals surface area contributed by atoms with Crippen molar-refractivity contribution in [2.75, 3.05) is 0 Å². The Bertz CT molecular complexity index is 777. The highest BCUT2D eigenvalue weighted by Crippen LogP contribution is 2.21. The van der Waals surface area contributed by atoms with Gasteiger partial charge in [0.1, 0.15) is 11.3 Å². The SMILES string of the molecule is Cc1oncc1C(=O)N[C@@H](C)c1ccccc1-n1cccn1. The van der Waals surface area contributed by atoms with Crippen LogP contribution in [0.15, 0.2) is 53.4 Å². The fourth-order valence-corrected chi connectivity index (χ4v) is 2.34. The second-order valence-corrected chi connectivity index (χ2v) is 5.00. The van der Waals surface area contributed by atoms with E-state index in [4.69, 9.17) is 4.52 Å². The summed E-state index contributed by atoms with van der Waals surface area (Å²) in [6, 6.07) is 9.51. The Morgan fingerprint density at radius 3 is 2.82 bits per heavy atom. The minimum absolute atomic E-state index is 0.179. The van der Waals surface area contributed by atoms with E-state index in [0.717, 1.165) is 11.3 Å². The number of benzene rings is 1. The lowest BCUT2D eigenvalue weighted by Gasteiger charge is -2.17. The molecule has 0 saturated heterocycles. The van der Waals surface area contributed by atoms with Crippen LogP contribution in [0.25, 0.3) is 5.69 Å². The Labute approximate surface area is 127 Å². The summed E-state index contributed by atoms with van der Waals surface area (Å²) in [6.07, 6.45) is 5.02. The molecule has 2 heterocycles. The Hall–Kier alpha value is -2.89. The molecule has 3 rings (SSSR count). The van der Waals surface area contributed by atoms with Crippen LogP contribution in [0.1, 0.15) is 34.6 Å². The van der Waals surface area contributed by atoms with Crippen molar-refractivity contribution in [3.05, 3.63) is 65.8 Å². The lowest BCUT2D eigenvalue weighted by atomic mass is 10.1. The van der Waals surface area contributed by atoms with Crippen molar-refractivity contribution >= 4 is 5.91 Å². The highest BCUT2D eigenvalue weighted by atomic mass is 16.5. The molecule has 1 aromatic carbocycles. The lowest BCUT2D eigenvalue weighted by Crippen LogP contribution is -2.27. The first-order chi connectivity index (χ1) is 10.7. The van der Waals surface area contributed by atoms with Crippen LogP contribution in [-0.4, -0.2) is 20.8 Å². The van der Waals surface area contributed by atoms with Crippen molar-refractivity contribution in [2.24, 2.45) is 0 Å². The van der Waals surface area contributed by atoms with Crippen LogP contribution >= 0.6 is 0 Å². The number of rotatable bonds is 4. The van der Waals surface area contributed by atoms with Gasteiger partial charge in [-0.3, -0.25) is 4.79 Å². The molecule has 0 aliphatic rings. The monoisotopic (exact) mass is 296 g/mol. The number of nitrogens with one attached hydrogen (secondary N) is 1. The molecule has 0 aliphatic heterocycles. The molecule has 1 atom stereocenters. The largest absolute Gasteiger partial charge is 0.361 e. The van der Waals surface area contributed by atoms with Crippen LogP contribution in [0, 0.1) is 6.92 Å². The Kier molecular flexibility index (Phi) is 3.74. The van der Waals surface area contributed by atoms with Gasteiger partial charge in [0, 0.05) is 12.4 Å². The molecule has 6 heteroatoms. The summed E-state index contributed by atoms with van der Waals surface area (Å²) in [5, 5.41) is 10.8. The fraction of sp³-hybridized carbons (Fsp3) is 0.188. The first kappa shape index (κ1) is 14.1. The topological polar surface area (TPSA) is 73.0 Å². The van der Waals surface area contributed by atoms with Gasteiger partial charge >= 0.3 is 0 Å². The minimum atomic E-state index is -0.207. The molecule has 0 fully saturated rings. The molecule has 112 valence electrons. The molecule has 2 aromatic heterocycles. The molecule has 0 saturated carbocycles. The first-order valence-corrected chi connectivity index (χ1v) is 6.98. The van der Waals surface area contributed by atoms with Gasteiger partial charge in [0.25, 0.3) is 5.91 Å². The van der Waals surface area contributed by atoms with Gasteiger partial charge in [-0.2, -0.15) is 5.10 Å². The van der Waals surface area contributed by atoms with Crippen molar-refractivity contribution in [1.29, 1.82) is 0 Å². The molecule has 0 spiro atoms. The summed E-state index contributed by atoms with van der Waals surface area (Å²) in [4.78, 5) is 12.3. The maximum absolute atomic E-state index is 12.3. The summed E-state index contributed by atoms with van der Waals surface area (Å²) in [5.74, 6) is 0.298. The zero-order valence-electron chi connectivity index (χ0n) is 12.4. The fourth-order valence-electron chi connectivity index (χ4n) is 2.34. The van der Waals surface area contributed by atoms with Gasteiger partial charge in [-0.25, -0.2) is 4.68 Å². The Morgan fingerprint density at radius 2 is 2.14 bits per heavy atom. The van der Waals surface area contributed by atoms with Gasteiger partial charge in [-0.15, -0.1) is 0 Å². The third kappa shape index (κ3) is 2.63. The van der Waals surface area contributed by atoms with Crippen LogP contribution in [0.3, 0.4) is 0 Å². The van der Waals surface area contributed by atoms with Gasteiger partial charge in [0.15, 0.2) is 0 Å². The van der Waals surface area contributed by atoms with Gasteiger partial charge in [-0.05, 0) is 31.5 Å². The van der Waals surface area contributed by atoms with Crippen molar-refractivity contribution < 1.29 is 9.32 Å². The molecule has 0 bridgehead atoms. The smallest absolute Gasteiger partial charge is 0.256 e. The maximum atomic E-state index is 12.3. The van der Waals surface area contributed by atoms with Crippen LogP contribution in [0.2, 0.25) is 0 Å². The standard InChI is InChI=1S/C16H16N4O2/c1-11(19-16(21)14-10-18-22-12(14)2)13-6-3-4-7-15(13)20-9-5-8-17-20/h3-11H,1-2H3,(H,19,21)/t11-/m0/s1. The number of hydrogen-bond acceptors (Lipinski definition) is 4. The zero-order chi connectivity index (χ0) is 15.5. The van der Waals surface area contributed by atoms with E-state index in [1.807, 2.05) is 43.5 Å². The summed E-state index contributed by atoms with van der Waals surface area (Å²) in [7, 11) is 0. The van der Waals surface area contributed by atoms with E-state index in [1.54, 1.807) is 17.8 Å². The lowest BCUT2D eigenvalue weighted by molar-refractivity contribution is 0.0938. The van der Waals surface area contributed by atoms with Gasteiger partial charge < -0.3 is 9.84 Å². The number of hydrogen-bond donors (Lipinski definition) is 1. The molecule has 0 radical (unpaired) electrons. The van der Waals surface area contributed by atoms with Gasteiger partial charge in [-0.1, -0.05) is 23.4 Å².